The molecule has 0 unspecified atom stereocenters. The minimum absolute atomic E-state index is 0.179. The van der Waals surface area contributed by atoms with Gasteiger partial charge in [-0.2, -0.15) is 0 Å². The van der Waals surface area contributed by atoms with Crippen LogP contribution in [0.1, 0.15) is 75.9 Å². The van der Waals surface area contributed by atoms with Gasteiger partial charge in [0.05, 0.1) is 12.9 Å². The van der Waals surface area contributed by atoms with Gasteiger partial charge in [0.15, 0.2) is 5.78 Å². The summed E-state index contributed by atoms with van der Waals surface area (Å²) < 4.78 is 5.88. The molecule has 1 aliphatic rings. The van der Waals surface area contributed by atoms with Gasteiger partial charge in [-0.3, -0.25) is 19.4 Å². The second-order valence-corrected chi connectivity index (χ2v) is 11.4. The van der Waals surface area contributed by atoms with Crippen molar-refractivity contribution in [1.29, 1.82) is 0 Å². The van der Waals surface area contributed by atoms with Crippen molar-refractivity contribution >= 4 is 17.8 Å². The standard InChI is InChI=1S/C30H45N5O5/c1-5-6-7-9-27(36)23-10-12-25(13-11-23)40-19-8-14-33-15-17-34(18-16-33)28(37)26(20-24-21-31-22-32-24)35(29(38)39)30(2,3)4/h10-13,21-22,26H,5-9,14-20H2,1-4H3,(H,31,32)(H,38,39)/t26-/m0/s1. The lowest BCUT2D eigenvalue weighted by Gasteiger charge is -2.42. The van der Waals surface area contributed by atoms with E-state index in [-0.39, 0.29) is 18.1 Å². The molecule has 1 fully saturated rings. The molecule has 1 aromatic carbocycles. The number of aromatic amines is 1. The first-order valence-electron chi connectivity index (χ1n) is 14.4. The van der Waals surface area contributed by atoms with Crippen molar-refractivity contribution < 1.29 is 24.2 Å². The van der Waals surface area contributed by atoms with Gasteiger partial charge in [0.25, 0.3) is 0 Å². The van der Waals surface area contributed by atoms with E-state index < -0.39 is 17.7 Å². The van der Waals surface area contributed by atoms with Gasteiger partial charge in [-0.15, -0.1) is 0 Å². The Balaban J connectivity index is 1.45. The van der Waals surface area contributed by atoms with E-state index in [2.05, 4.69) is 21.8 Å². The van der Waals surface area contributed by atoms with Crippen molar-refractivity contribution in [1.82, 2.24) is 24.7 Å². The maximum Gasteiger partial charge on any atom is 0.408 e. The Hall–Kier alpha value is -3.40. The third-order valence-corrected chi connectivity index (χ3v) is 7.25. The summed E-state index contributed by atoms with van der Waals surface area (Å²) >= 11 is 0. The number of nitrogens with one attached hydrogen (secondary N) is 1. The summed E-state index contributed by atoms with van der Waals surface area (Å²) in [6.07, 6.45) is 6.83. The van der Waals surface area contributed by atoms with Crippen LogP contribution in [0.25, 0.3) is 0 Å². The van der Waals surface area contributed by atoms with E-state index in [4.69, 9.17) is 4.74 Å². The number of piperazine rings is 1. The zero-order valence-corrected chi connectivity index (χ0v) is 24.4. The van der Waals surface area contributed by atoms with E-state index in [1.54, 1.807) is 31.9 Å². The molecule has 0 spiro atoms. The summed E-state index contributed by atoms with van der Waals surface area (Å²) in [5.41, 5.74) is 0.718. The number of carboxylic acid groups (broad SMARTS) is 1. The Morgan fingerprint density at radius 3 is 2.35 bits per heavy atom. The van der Waals surface area contributed by atoms with E-state index in [1.165, 1.54) is 11.2 Å². The fourth-order valence-electron chi connectivity index (χ4n) is 5.08. The Labute approximate surface area is 237 Å². The van der Waals surface area contributed by atoms with Crippen LogP contribution < -0.4 is 4.74 Å². The molecule has 2 aromatic rings. The van der Waals surface area contributed by atoms with Gasteiger partial charge < -0.3 is 19.7 Å². The average Bonchev–Trinajstić information content (AvgIpc) is 3.43. The number of amides is 2. The van der Waals surface area contributed by atoms with Crippen LogP contribution in [-0.4, -0.2) is 98.5 Å². The van der Waals surface area contributed by atoms with Crippen molar-refractivity contribution in [2.75, 3.05) is 39.3 Å². The lowest BCUT2D eigenvalue weighted by atomic mass is 9.99. The molecule has 10 heteroatoms. The Morgan fingerprint density at radius 1 is 1.07 bits per heavy atom. The molecule has 0 saturated carbocycles. The zero-order valence-electron chi connectivity index (χ0n) is 24.4. The van der Waals surface area contributed by atoms with E-state index >= 15 is 0 Å². The van der Waals surface area contributed by atoms with Crippen LogP contribution in [0, 0.1) is 0 Å². The topological polar surface area (TPSA) is 119 Å². The minimum Gasteiger partial charge on any atom is -0.494 e. The number of rotatable bonds is 14. The van der Waals surface area contributed by atoms with Crippen LogP contribution in [0.3, 0.4) is 0 Å². The summed E-state index contributed by atoms with van der Waals surface area (Å²) in [5.74, 6) is 0.757. The first kappa shape index (κ1) is 31.1. The van der Waals surface area contributed by atoms with E-state index in [1.807, 2.05) is 24.3 Å². The fraction of sp³-hybridized carbons (Fsp3) is 0.600. The average molecular weight is 556 g/mol. The predicted octanol–water partition coefficient (Wildman–Crippen LogP) is 4.48. The summed E-state index contributed by atoms with van der Waals surface area (Å²) in [6.45, 7) is 11.5. The Bertz CT molecular complexity index is 1070. The molecular formula is C30H45N5O5. The number of aromatic nitrogens is 2. The number of nitrogens with zero attached hydrogens (tertiary/aromatic N) is 4. The van der Waals surface area contributed by atoms with Crippen molar-refractivity contribution in [3.05, 3.63) is 48.0 Å². The van der Waals surface area contributed by atoms with Crippen LogP contribution in [-0.2, 0) is 11.2 Å². The second kappa shape index (κ2) is 14.8. The van der Waals surface area contributed by atoms with Crippen LogP contribution >= 0.6 is 0 Å². The van der Waals surface area contributed by atoms with Gasteiger partial charge in [0.2, 0.25) is 5.91 Å². The SMILES string of the molecule is CCCCCC(=O)c1ccc(OCCCN2CCN(C(=O)[C@H](Cc3cnc[nH]3)N(C(=O)O)C(C)(C)C)CC2)cc1. The number of ketones is 1. The molecule has 1 atom stereocenters. The van der Waals surface area contributed by atoms with Gasteiger partial charge in [-0.05, 0) is 57.9 Å². The lowest BCUT2D eigenvalue weighted by Crippen LogP contribution is -2.60. The number of benzene rings is 1. The third kappa shape index (κ3) is 9.08. The fourth-order valence-corrected chi connectivity index (χ4v) is 5.08. The van der Waals surface area contributed by atoms with Crippen molar-refractivity contribution in [3.63, 3.8) is 0 Å². The molecule has 0 radical (unpaired) electrons. The van der Waals surface area contributed by atoms with Gasteiger partial charge in [-0.25, -0.2) is 9.78 Å². The second-order valence-electron chi connectivity index (χ2n) is 11.4. The van der Waals surface area contributed by atoms with Crippen LogP contribution in [0.5, 0.6) is 5.75 Å². The quantitative estimate of drug-likeness (QED) is 0.261. The number of H-pyrrole nitrogens is 1. The molecule has 1 aromatic heterocycles. The monoisotopic (exact) mass is 555 g/mol. The van der Waals surface area contributed by atoms with Gasteiger partial charge in [0, 0.05) is 68.6 Å². The smallest absolute Gasteiger partial charge is 0.408 e. The number of carbonyl (C=O) groups excluding carboxylic acids is 2. The Kier molecular flexibility index (Phi) is 11.5. The molecule has 40 heavy (non-hydrogen) atoms. The van der Waals surface area contributed by atoms with Crippen LogP contribution in [0.4, 0.5) is 4.79 Å². The maximum atomic E-state index is 13.6. The molecule has 0 aliphatic carbocycles. The zero-order chi connectivity index (χ0) is 29.1. The van der Waals surface area contributed by atoms with Gasteiger partial charge in [0.1, 0.15) is 11.8 Å². The number of unbranched alkanes of at least 4 members (excludes halogenated alkanes) is 2. The summed E-state index contributed by atoms with van der Waals surface area (Å²) in [4.78, 5) is 50.4. The lowest BCUT2D eigenvalue weighted by molar-refractivity contribution is -0.140. The number of hydrogen-bond acceptors (Lipinski definition) is 6. The highest BCUT2D eigenvalue weighted by Gasteiger charge is 2.40. The Morgan fingerprint density at radius 2 is 1.77 bits per heavy atom. The summed E-state index contributed by atoms with van der Waals surface area (Å²) in [5, 5.41) is 9.97. The number of hydrogen-bond donors (Lipinski definition) is 2. The first-order chi connectivity index (χ1) is 19.1. The molecule has 220 valence electrons. The molecule has 1 aliphatic heterocycles. The van der Waals surface area contributed by atoms with E-state index in [9.17, 15) is 19.5 Å². The number of carbonyl (C=O) groups is 3. The molecule has 10 nitrogen and oxygen atoms in total. The highest BCUT2D eigenvalue weighted by atomic mass is 16.5. The summed E-state index contributed by atoms with van der Waals surface area (Å²) in [6, 6.07) is 6.55. The number of Topliss-reactive ketones (excluding diaryl/α,β-unsaturated/α-hetero) is 1. The van der Waals surface area contributed by atoms with Crippen molar-refractivity contribution in [2.24, 2.45) is 0 Å². The van der Waals surface area contributed by atoms with Crippen LogP contribution in [0.2, 0.25) is 0 Å². The van der Waals surface area contributed by atoms with Gasteiger partial charge in [-0.1, -0.05) is 19.8 Å². The highest BCUT2D eigenvalue weighted by molar-refractivity contribution is 5.96. The maximum absolute atomic E-state index is 13.6. The normalized spacial score (nSPS) is 15.1. The summed E-state index contributed by atoms with van der Waals surface area (Å²) in [7, 11) is 0. The molecule has 0 bridgehead atoms. The third-order valence-electron chi connectivity index (χ3n) is 7.25. The van der Waals surface area contributed by atoms with Crippen molar-refractivity contribution in [2.45, 2.75) is 77.8 Å². The molecule has 2 heterocycles. The molecule has 1 saturated heterocycles. The molecule has 2 amide bonds. The van der Waals surface area contributed by atoms with Crippen LogP contribution in [0.15, 0.2) is 36.8 Å². The van der Waals surface area contributed by atoms with Crippen molar-refractivity contribution in [3.8, 4) is 5.75 Å². The molecular weight excluding hydrogens is 510 g/mol. The first-order valence-corrected chi connectivity index (χ1v) is 14.4. The largest absolute Gasteiger partial charge is 0.494 e. The molecule has 3 rings (SSSR count). The molecule has 2 N–H and O–H groups in total. The van der Waals surface area contributed by atoms with E-state index in [0.717, 1.165) is 62.3 Å². The minimum atomic E-state index is -1.11. The van der Waals surface area contributed by atoms with E-state index in [0.29, 0.717) is 26.1 Å². The highest BCUT2D eigenvalue weighted by Crippen LogP contribution is 2.22. The van der Waals surface area contributed by atoms with Gasteiger partial charge >= 0.3 is 6.09 Å². The number of imidazole rings is 1. The number of ether oxygens (including phenoxy) is 1. The predicted molar refractivity (Wildman–Crippen MR) is 154 cm³/mol.